The molecule has 0 saturated carbocycles. The van der Waals surface area contributed by atoms with Crippen molar-refractivity contribution in [3.63, 3.8) is 0 Å². The molecule has 0 unspecified atom stereocenters. The van der Waals surface area contributed by atoms with Gasteiger partial charge < -0.3 is 9.47 Å². The van der Waals surface area contributed by atoms with E-state index in [1.54, 1.807) is 12.2 Å². The first-order valence-corrected chi connectivity index (χ1v) is 7.28. The number of hydrogen-bond donors (Lipinski definition) is 1. The van der Waals surface area contributed by atoms with Crippen LogP contribution in [0.3, 0.4) is 0 Å². The summed E-state index contributed by atoms with van der Waals surface area (Å²) in [7, 11) is 0. The average molecular weight is 339 g/mol. The Bertz CT molecular complexity index is 859. The maximum Gasteiger partial charge on any atom is 0.271 e. The smallest absolute Gasteiger partial charge is 0.271 e. The van der Waals surface area contributed by atoms with Crippen LogP contribution in [0.25, 0.3) is 6.08 Å². The van der Waals surface area contributed by atoms with Crippen molar-refractivity contribution < 1.29 is 19.2 Å². The topological polar surface area (TPSA) is 103 Å². The first-order chi connectivity index (χ1) is 12.1. The lowest BCUT2D eigenvalue weighted by molar-refractivity contribution is -0.384. The van der Waals surface area contributed by atoms with E-state index < -0.39 is 10.8 Å². The monoisotopic (exact) mass is 339 g/mol. The zero-order valence-corrected chi connectivity index (χ0v) is 12.9. The van der Waals surface area contributed by atoms with Crippen molar-refractivity contribution in [3.05, 3.63) is 69.8 Å². The Hall–Kier alpha value is -3.68. The van der Waals surface area contributed by atoms with Crippen LogP contribution in [0.4, 0.5) is 5.69 Å². The maximum absolute atomic E-state index is 11.8. The van der Waals surface area contributed by atoms with E-state index in [0.717, 1.165) is 5.56 Å². The Morgan fingerprint density at radius 2 is 1.92 bits per heavy atom. The number of nitro benzene ring substituents is 1. The molecule has 126 valence electrons. The lowest BCUT2D eigenvalue weighted by atomic mass is 10.2. The number of amides is 1. The van der Waals surface area contributed by atoms with Crippen molar-refractivity contribution in [1.82, 2.24) is 5.43 Å². The van der Waals surface area contributed by atoms with E-state index in [9.17, 15) is 14.9 Å². The largest absolute Gasteiger partial charge is 0.454 e. The number of nitrogens with one attached hydrogen (secondary N) is 1. The Labute approximate surface area is 142 Å². The van der Waals surface area contributed by atoms with E-state index in [0.29, 0.717) is 11.5 Å². The van der Waals surface area contributed by atoms with Crippen LogP contribution in [0.15, 0.2) is 53.6 Å². The summed E-state index contributed by atoms with van der Waals surface area (Å²) in [6.07, 6.45) is 4.88. The van der Waals surface area contributed by atoms with E-state index in [-0.39, 0.29) is 18.0 Å². The van der Waals surface area contributed by atoms with Crippen LogP contribution in [0.5, 0.6) is 11.5 Å². The van der Waals surface area contributed by atoms with Gasteiger partial charge in [-0.2, -0.15) is 5.10 Å². The molecule has 3 rings (SSSR count). The number of ether oxygens (including phenoxy) is 2. The Morgan fingerprint density at radius 1 is 1.16 bits per heavy atom. The molecule has 0 radical (unpaired) electrons. The molecule has 8 heteroatoms. The number of carbonyl (C=O) groups is 1. The van der Waals surface area contributed by atoms with Gasteiger partial charge >= 0.3 is 0 Å². The molecule has 1 aliphatic rings. The van der Waals surface area contributed by atoms with Gasteiger partial charge in [0, 0.05) is 23.9 Å². The van der Waals surface area contributed by atoms with Gasteiger partial charge in [0.1, 0.15) is 0 Å². The van der Waals surface area contributed by atoms with Crippen LogP contribution >= 0.6 is 0 Å². The highest BCUT2D eigenvalue weighted by Crippen LogP contribution is 2.32. The molecule has 8 nitrogen and oxygen atoms in total. The Kier molecular flexibility index (Phi) is 4.70. The van der Waals surface area contributed by atoms with Crippen molar-refractivity contribution in [2.45, 2.75) is 0 Å². The number of rotatable bonds is 5. The normalized spacial score (nSPS) is 12.6. The third kappa shape index (κ3) is 3.99. The predicted octanol–water partition coefficient (Wildman–Crippen LogP) is 2.75. The second kappa shape index (κ2) is 7.26. The number of allylic oxidation sites excluding steroid dienone is 1. The third-order valence-corrected chi connectivity index (χ3v) is 3.35. The van der Waals surface area contributed by atoms with E-state index in [1.165, 1.54) is 30.5 Å². The number of benzene rings is 2. The molecule has 0 bridgehead atoms. The average Bonchev–Trinajstić information content (AvgIpc) is 3.09. The fraction of sp³-hybridized carbons (Fsp3) is 0.0588. The molecule has 1 heterocycles. The van der Waals surface area contributed by atoms with Gasteiger partial charge in [-0.05, 0) is 35.9 Å². The first-order valence-electron chi connectivity index (χ1n) is 7.28. The van der Waals surface area contributed by atoms with Crippen LogP contribution in [0.2, 0.25) is 0 Å². The minimum absolute atomic E-state index is 0.0771. The van der Waals surface area contributed by atoms with E-state index in [4.69, 9.17) is 9.47 Å². The molecule has 0 spiro atoms. The van der Waals surface area contributed by atoms with E-state index in [2.05, 4.69) is 10.5 Å². The van der Waals surface area contributed by atoms with Gasteiger partial charge in [0.15, 0.2) is 11.5 Å². The molecule has 1 aliphatic heterocycles. The van der Waals surface area contributed by atoms with Crippen LogP contribution in [0, 0.1) is 10.1 Å². The molecule has 2 aromatic rings. The zero-order chi connectivity index (χ0) is 17.6. The summed E-state index contributed by atoms with van der Waals surface area (Å²) in [5.41, 5.74) is 3.44. The van der Waals surface area contributed by atoms with Crippen molar-refractivity contribution in [1.29, 1.82) is 0 Å². The van der Waals surface area contributed by atoms with Crippen LogP contribution < -0.4 is 14.9 Å². The van der Waals surface area contributed by atoms with Crippen LogP contribution in [0.1, 0.15) is 15.9 Å². The number of fused-ring (bicyclic) bond motifs is 1. The number of nitrogens with zero attached hydrogens (tertiary/aromatic N) is 2. The van der Waals surface area contributed by atoms with Gasteiger partial charge in [-0.3, -0.25) is 14.9 Å². The maximum atomic E-state index is 11.8. The Morgan fingerprint density at radius 3 is 2.68 bits per heavy atom. The molecule has 25 heavy (non-hydrogen) atoms. The number of hydrazone groups is 1. The molecule has 0 aliphatic carbocycles. The summed E-state index contributed by atoms with van der Waals surface area (Å²) in [5.74, 6) is 0.939. The predicted molar refractivity (Wildman–Crippen MR) is 90.7 cm³/mol. The highest BCUT2D eigenvalue weighted by molar-refractivity contribution is 5.94. The number of hydrogen-bond acceptors (Lipinski definition) is 6. The van der Waals surface area contributed by atoms with Gasteiger partial charge in [-0.25, -0.2) is 5.43 Å². The second-order valence-electron chi connectivity index (χ2n) is 4.99. The summed E-state index contributed by atoms with van der Waals surface area (Å²) in [4.78, 5) is 21.9. The minimum atomic E-state index is -0.527. The molecular weight excluding hydrogens is 326 g/mol. The van der Waals surface area contributed by atoms with E-state index >= 15 is 0 Å². The quantitative estimate of drug-likeness (QED) is 0.512. The summed E-state index contributed by atoms with van der Waals surface area (Å²) in [6, 6.07) is 10.8. The summed E-state index contributed by atoms with van der Waals surface area (Å²) in [6.45, 7) is 0.221. The van der Waals surface area contributed by atoms with Gasteiger partial charge in [0.2, 0.25) is 6.79 Å². The van der Waals surface area contributed by atoms with Crippen LogP contribution in [-0.4, -0.2) is 23.8 Å². The van der Waals surface area contributed by atoms with Crippen molar-refractivity contribution in [3.8, 4) is 11.5 Å². The molecule has 0 atom stereocenters. The van der Waals surface area contributed by atoms with Crippen molar-refractivity contribution in [2.75, 3.05) is 6.79 Å². The Balaban J connectivity index is 1.54. The molecule has 0 fully saturated rings. The second-order valence-corrected chi connectivity index (χ2v) is 4.99. The molecular formula is C17H13N3O5. The van der Waals surface area contributed by atoms with Gasteiger partial charge in [-0.1, -0.05) is 12.1 Å². The van der Waals surface area contributed by atoms with E-state index in [1.807, 2.05) is 18.2 Å². The first kappa shape index (κ1) is 16.2. The molecule has 1 amide bonds. The standard InChI is InChI=1S/C17H13N3O5/c21-17(13-4-6-14(7-5-13)20(22)23)19-18-9-1-2-12-3-8-15-16(10-12)25-11-24-15/h1-10H,11H2,(H,19,21)/b2-1+,18-9+. The van der Waals surface area contributed by atoms with Gasteiger partial charge in [0.05, 0.1) is 4.92 Å². The molecule has 0 saturated heterocycles. The third-order valence-electron chi connectivity index (χ3n) is 3.35. The number of non-ortho nitro benzene ring substituents is 1. The van der Waals surface area contributed by atoms with Gasteiger partial charge in [0.25, 0.3) is 11.6 Å². The highest BCUT2D eigenvalue weighted by atomic mass is 16.7. The summed E-state index contributed by atoms with van der Waals surface area (Å²) < 4.78 is 10.5. The lowest BCUT2D eigenvalue weighted by Crippen LogP contribution is -2.17. The SMILES string of the molecule is O=C(N/N=C/C=C/c1ccc2c(c1)OCO2)c1ccc([N+](=O)[O-])cc1. The molecule has 1 N–H and O–H groups in total. The van der Waals surface area contributed by atoms with Crippen molar-refractivity contribution in [2.24, 2.45) is 5.10 Å². The molecule has 0 aromatic heterocycles. The summed E-state index contributed by atoms with van der Waals surface area (Å²) >= 11 is 0. The minimum Gasteiger partial charge on any atom is -0.454 e. The summed E-state index contributed by atoms with van der Waals surface area (Å²) in [5, 5.41) is 14.4. The van der Waals surface area contributed by atoms with Crippen molar-refractivity contribution >= 4 is 23.9 Å². The fourth-order valence-electron chi connectivity index (χ4n) is 2.11. The van der Waals surface area contributed by atoms with Crippen LogP contribution in [-0.2, 0) is 0 Å². The molecule has 2 aromatic carbocycles. The zero-order valence-electron chi connectivity index (χ0n) is 12.9. The highest BCUT2D eigenvalue weighted by Gasteiger charge is 2.12. The van der Waals surface area contributed by atoms with Gasteiger partial charge in [-0.15, -0.1) is 0 Å². The number of nitro groups is 1. The lowest BCUT2D eigenvalue weighted by Gasteiger charge is -1.99. The number of carbonyl (C=O) groups excluding carboxylic acids is 1. The fourth-order valence-corrected chi connectivity index (χ4v) is 2.11.